The molecule has 0 spiro atoms. The maximum absolute atomic E-state index is 13.3. The van der Waals surface area contributed by atoms with E-state index in [0.29, 0.717) is 12.5 Å². The fraction of sp³-hybridized carbons (Fsp3) is 0.632. The third-order valence-electron chi connectivity index (χ3n) is 5.04. The number of aliphatic hydroxyl groups is 1. The van der Waals surface area contributed by atoms with Crippen molar-refractivity contribution in [3.05, 3.63) is 35.4 Å². The number of amides is 1. The minimum Gasteiger partial charge on any atom is -0.391 e. The third kappa shape index (κ3) is 3.43. The Morgan fingerprint density at radius 2 is 2.00 bits per heavy atom. The van der Waals surface area contributed by atoms with Crippen LogP contribution >= 0.6 is 0 Å². The SMILES string of the molecule is CC(C)CNC1(C(=O)N2CCCC(O)C2)Cc2ccccc2C1. The molecule has 2 aliphatic rings. The van der Waals surface area contributed by atoms with Gasteiger partial charge in [-0.3, -0.25) is 4.79 Å². The van der Waals surface area contributed by atoms with Crippen LogP contribution in [-0.2, 0) is 17.6 Å². The van der Waals surface area contributed by atoms with Gasteiger partial charge in [-0.1, -0.05) is 38.1 Å². The van der Waals surface area contributed by atoms with E-state index in [1.54, 1.807) is 0 Å². The number of nitrogens with one attached hydrogen (secondary N) is 1. The summed E-state index contributed by atoms with van der Waals surface area (Å²) in [5, 5.41) is 13.5. The Morgan fingerprint density at radius 3 is 2.57 bits per heavy atom. The highest BCUT2D eigenvalue weighted by Gasteiger charge is 2.46. The maximum atomic E-state index is 13.3. The normalized spacial score (nSPS) is 23.1. The quantitative estimate of drug-likeness (QED) is 0.890. The van der Waals surface area contributed by atoms with Gasteiger partial charge in [-0.2, -0.15) is 0 Å². The van der Waals surface area contributed by atoms with Gasteiger partial charge in [-0.15, -0.1) is 0 Å². The Balaban J connectivity index is 1.83. The Morgan fingerprint density at radius 1 is 1.35 bits per heavy atom. The zero-order valence-electron chi connectivity index (χ0n) is 14.2. The molecule has 1 heterocycles. The van der Waals surface area contributed by atoms with E-state index in [4.69, 9.17) is 0 Å². The molecule has 4 nitrogen and oxygen atoms in total. The monoisotopic (exact) mass is 316 g/mol. The first-order chi connectivity index (χ1) is 11.0. The summed E-state index contributed by atoms with van der Waals surface area (Å²) in [4.78, 5) is 15.2. The number of benzene rings is 1. The minimum atomic E-state index is -0.537. The molecule has 1 saturated heterocycles. The van der Waals surface area contributed by atoms with Crippen molar-refractivity contribution in [2.24, 2.45) is 5.92 Å². The second-order valence-electron chi connectivity index (χ2n) is 7.53. The number of β-amino-alcohol motifs (C(OH)–C–C–N with tert-alkyl or cyclic N) is 1. The number of hydrogen-bond donors (Lipinski definition) is 2. The van der Waals surface area contributed by atoms with Crippen LogP contribution in [-0.4, -0.2) is 47.2 Å². The predicted molar refractivity (Wildman–Crippen MR) is 91.2 cm³/mol. The lowest BCUT2D eigenvalue weighted by Crippen LogP contribution is -2.61. The molecule has 0 saturated carbocycles. The van der Waals surface area contributed by atoms with Crippen molar-refractivity contribution in [3.63, 3.8) is 0 Å². The molecule has 1 aromatic rings. The molecule has 0 aromatic heterocycles. The summed E-state index contributed by atoms with van der Waals surface area (Å²) < 4.78 is 0. The van der Waals surface area contributed by atoms with E-state index < -0.39 is 5.54 Å². The molecule has 2 N–H and O–H groups in total. The molecule has 1 aromatic carbocycles. The number of likely N-dealkylation sites (tertiary alicyclic amines) is 1. The number of nitrogens with zero attached hydrogens (tertiary/aromatic N) is 1. The number of carbonyl (C=O) groups is 1. The summed E-state index contributed by atoms with van der Waals surface area (Å²) in [5.74, 6) is 0.656. The van der Waals surface area contributed by atoms with Crippen molar-refractivity contribution in [2.75, 3.05) is 19.6 Å². The summed E-state index contributed by atoms with van der Waals surface area (Å²) in [6, 6.07) is 8.36. The number of carbonyl (C=O) groups excluding carboxylic acids is 1. The Labute approximate surface area is 138 Å². The van der Waals surface area contributed by atoms with E-state index >= 15 is 0 Å². The third-order valence-corrected chi connectivity index (χ3v) is 5.04. The minimum absolute atomic E-state index is 0.160. The van der Waals surface area contributed by atoms with Gasteiger partial charge in [-0.05, 0) is 36.4 Å². The van der Waals surface area contributed by atoms with E-state index in [-0.39, 0.29) is 12.0 Å². The lowest BCUT2D eigenvalue weighted by atomic mass is 9.91. The summed E-state index contributed by atoms with van der Waals surface area (Å²) in [6.45, 7) is 6.39. The van der Waals surface area contributed by atoms with E-state index in [0.717, 1.165) is 38.8 Å². The largest absolute Gasteiger partial charge is 0.391 e. The van der Waals surface area contributed by atoms with E-state index in [9.17, 15) is 9.90 Å². The fourth-order valence-corrected chi connectivity index (χ4v) is 3.81. The van der Waals surface area contributed by atoms with Crippen LogP contribution in [0.5, 0.6) is 0 Å². The highest BCUT2D eigenvalue weighted by molar-refractivity contribution is 5.88. The second-order valence-corrected chi connectivity index (χ2v) is 7.53. The average molecular weight is 316 g/mol. The number of rotatable bonds is 4. The first-order valence-corrected chi connectivity index (χ1v) is 8.79. The highest BCUT2D eigenvalue weighted by atomic mass is 16.3. The first kappa shape index (κ1) is 16.5. The van der Waals surface area contributed by atoms with Crippen molar-refractivity contribution >= 4 is 5.91 Å². The number of aliphatic hydroxyl groups excluding tert-OH is 1. The molecule has 0 radical (unpaired) electrons. The summed E-state index contributed by atoms with van der Waals surface area (Å²) >= 11 is 0. The van der Waals surface area contributed by atoms with Gasteiger partial charge in [0.1, 0.15) is 5.54 Å². The molecular weight excluding hydrogens is 288 g/mol. The van der Waals surface area contributed by atoms with Crippen LogP contribution < -0.4 is 5.32 Å². The molecule has 1 unspecified atom stereocenters. The Hall–Kier alpha value is -1.39. The summed E-state index contributed by atoms with van der Waals surface area (Å²) in [6.07, 6.45) is 2.82. The zero-order valence-corrected chi connectivity index (χ0v) is 14.2. The fourth-order valence-electron chi connectivity index (χ4n) is 3.81. The van der Waals surface area contributed by atoms with Crippen LogP contribution in [0.4, 0.5) is 0 Å². The second kappa shape index (κ2) is 6.62. The van der Waals surface area contributed by atoms with Crippen molar-refractivity contribution in [2.45, 2.75) is 51.2 Å². The lowest BCUT2D eigenvalue weighted by Gasteiger charge is -2.38. The van der Waals surface area contributed by atoms with Gasteiger partial charge in [0.15, 0.2) is 0 Å². The maximum Gasteiger partial charge on any atom is 0.243 e. The molecule has 0 bridgehead atoms. The standard InChI is InChI=1S/C19H28N2O2/c1-14(2)12-20-19(10-15-6-3-4-7-16(15)11-19)18(23)21-9-5-8-17(22)13-21/h3-4,6-7,14,17,20,22H,5,8-13H2,1-2H3. The number of piperidine rings is 1. The molecule has 1 atom stereocenters. The molecule has 1 fully saturated rings. The average Bonchev–Trinajstić information content (AvgIpc) is 2.92. The summed E-state index contributed by atoms with van der Waals surface area (Å²) in [7, 11) is 0. The molecule has 1 aliphatic carbocycles. The number of fused-ring (bicyclic) bond motifs is 1. The van der Waals surface area contributed by atoms with Crippen molar-refractivity contribution in [3.8, 4) is 0 Å². The Kier molecular flexibility index (Phi) is 4.74. The van der Waals surface area contributed by atoms with Crippen molar-refractivity contribution < 1.29 is 9.90 Å². The Bertz CT molecular complexity index is 545. The molecule has 126 valence electrons. The van der Waals surface area contributed by atoms with Crippen molar-refractivity contribution in [1.82, 2.24) is 10.2 Å². The van der Waals surface area contributed by atoms with Crippen LogP contribution in [0.15, 0.2) is 24.3 Å². The van der Waals surface area contributed by atoms with Gasteiger partial charge in [-0.25, -0.2) is 0 Å². The van der Waals surface area contributed by atoms with Crippen molar-refractivity contribution in [1.29, 1.82) is 0 Å². The molecule has 4 heteroatoms. The van der Waals surface area contributed by atoms with E-state index in [1.807, 2.05) is 17.0 Å². The lowest BCUT2D eigenvalue weighted by molar-refractivity contribution is -0.141. The van der Waals surface area contributed by atoms with Crippen LogP contribution in [0, 0.1) is 5.92 Å². The van der Waals surface area contributed by atoms with Gasteiger partial charge in [0.25, 0.3) is 0 Å². The molecular formula is C19H28N2O2. The van der Waals surface area contributed by atoms with Crippen LogP contribution in [0.3, 0.4) is 0 Å². The number of hydrogen-bond acceptors (Lipinski definition) is 3. The van der Waals surface area contributed by atoms with Gasteiger partial charge in [0.2, 0.25) is 5.91 Å². The van der Waals surface area contributed by atoms with E-state index in [2.05, 4.69) is 31.3 Å². The van der Waals surface area contributed by atoms with Gasteiger partial charge in [0, 0.05) is 25.9 Å². The topological polar surface area (TPSA) is 52.6 Å². The molecule has 23 heavy (non-hydrogen) atoms. The van der Waals surface area contributed by atoms with Crippen LogP contribution in [0.2, 0.25) is 0 Å². The van der Waals surface area contributed by atoms with Gasteiger partial charge >= 0.3 is 0 Å². The molecule has 3 rings (SSSR count). The van der Waals surface area contributed by atoms with Crippen LogP contribution in [0.25, 0.3) is 0 Å². The molecule has 1 aliphatic heterocycles. The zero-order chi connectivity index (χ0) is 16.4. The summed E-state index contributed by atoms with van der Waals surface area (Å²) in [5.41, 5.74) is 2.01. The smallest absolute Gasteiger partial charge is 0.243 e. The van der Waals surface area contributed by atoms with E-state index in [1.165, 1.54) is 11.1 Å². The predicted octanol–water partition coefficient (Wildman–Crippen LogP) is 1.75. The molecule has 1 amide bonds. The van der Waals surface area contributed by atoms with Gasteiger partial charge < -0.3 is 15.3 Å². The van der Waals surface area contributed by atoms with Gasteiger partial charge in [0.05, 0.1) is 6.10 Å². The van der Waals surface area contributed by atoms with Crippen LogP contribution in [0.1, 0.15) is 37.8 Å². The first-order valence-electron chi connectivity index (χ1n) is 8.79. The highest BCUT2D eigenvalue weighted by Crippen LogP contribution is 2.32.